The highest BCUT2D eigenvalue weighted by Gasteiger charge is 2.32. The molecule has 0 bridgehead atoms. The first-order valence-electron chi connectivity index (χ1n) is 4.44. The first-order valence-corrected chi connectivity index (χ1v) is 4.44. The largest absolute Gasteiger partial charge is 0.464 e. The fourth-order valence-corrected chi connectivity index (χ4v) is 1.15. The molecule has 1 aliphatic rings. The van der Waals surface area contributed by atoms with E-state index < -0.39 is 24.1 Å². The lowest BCUT2D eigenvalue weighted by atomic mass is 10.3. The Morgan fingerprint density at radius 2 is 2.07 bits per heavy atom. The van der Waals surface area contributed by atoms with Gasteiger partial charge in [0, 0.05) is 0 Å². The second kappa shape index (κ2) is 4.85. The topological polar surface area (TPSA) is 98.9 Å². The average molecular weight is 216 g/mol. The second-order valence-electron chi connectivity index (χ2n) is 2.95. The van der Waals surface area contributed by atoms with Crippen LogP contribution in [0.3, 0.4) is 0 Å². The first-order chi connectivity index (χ1) is 7.04. The van der Waals surface area contributed by atoms with E-state index in [2.05, 4.69) is 9.47 Å². The third-order valence-corrected chi connectivity index (χ3v) is 1.81. The van der Waals surface area contributed by atoms with Crippen molar-refractivity contribution in [2.75, 3.05) is 19.7 Å². The molecule has 84 valence electrons. The Labute approximate surface area is 86.1 Å². The Balaban J connectivity index is 2.58. The van der Waals surface area contributed by atoms with Crippen molar-refractivity contribution in [2.45, 2.75) is 13.1 Å². The number of esters is 3. The van der Waals surface area contributed by atoms with Crippen LogP contribution in [0.25, 0.3) is 0 Å². The summed E-state index contributed by atoms with van der Waals surface area (Å²) in [5.74, 6) is -2.10. The summed E-state index contributed by atoms with van der Waals surface area (Å²) in [6, 6.07) is 0. The Bertz CT molecular complexity index is 275. The molecule has 1 aliphatic heterocycles. The molecule has 7 nitrogen and oxygen atoms in total. The molecule has 0 aromatic carbocycles. The standard InChI is InChI=1S/C8H12N2O5/c1-2-14-8(13)7(9)10-3-5(11)15-6(12)4-10/h7H,2-4,9H2,1H3. The summed E-state index contributed by atoms with van der Waals surface area (Å²) in [6.07, 6.45) is -1.11. The summed E-state index contributed by atoms with van der Waals surface area (Å²) in [5, 5.41) is 0. The summed E-state index contributed by atoms with van der Waals surface area (Å²) in [6.45, 7) is 1.45. The van der Waals surface area contributed by atoms with Crippen LogP contribution in [-0.4, -0.2) is 48.7 Å². The zero-order valence-corrected chi connectivity index (χ0v) is 8.26. The van der Waals surface area contributed by atoms with Gasteiger partial charge in [-0.2, -0.15) is 0 Å². The average Bonchev–Trinajstić information content (AvgIpc) is 2.15. The van der Waals surface area contributed by atoms with Crippen LogP contribution in [0.5, 0.6) is 0 Å². The van der Waals surface area contributed by atoms with E-state index in [-0.39, 0.29) is 19.7 Å². The maximum Gasteiger partial charge on any atom is 0.338 e. The van der Waals surface area contributed by atoms with Crippen molar-refractivity contribution in [3.8, 4) is 0 Å². The van der Waals surface area contributed by atoms with Gasteiger partial charge in [0.2, 0.25) is 0 Å². The number of morpholine rings is 1. The fraction of sp³-hybridized carbons (Fsp3) is 0.625. The molecule has 0 saturated carbocycles. The zero-order valence-electron chi connectivity index (χ0n) is 8.26. The summed E-state index contributed by atoms with van der Waals surface area (Å²) in [4.78, 5) is 34.2. The van der Waals surface area contributed by atoms with Crippen molar-refractivity contribution in [3.63, 3.8) is 0 Å². The van der Waals surface area contributed by atoms with E-state index in [4.69, 9.17) is 5.73 Å². The number of hydrogen-bond donors (Lipinski definition) is 1. The minimum atomic E-state index is -1.11. The number of nitrogens with zero attached hydrogens (tertiary/aromatic N) is 1. The third-order valence-electron chi connectivity index (χ3n) is 1.81. The predicted molar refractivity (Wildman–Crippen MR) is 47.3 cm³/mol. The molecule has 1 rings (SSSR count). The van der Waals surface area contributed by atoms with E-state index in [0.717, 1.165) is 0 Å². The minimum Gasteiger partial charge on any atom is -0.464 e. The van der Waals surface area contributed by atoms with E-state index in [0.29, 0.717) is 0 Å². The molecular weight excluding hydrogens is 204 g/mol. The van der Waals surface area contributed by atoms with Crippen LogP contribution in [0, 0.1) is 0 Å². The van der Waals surface area contributed by atoms with Crippen LogP contribution in [0.15, 0.2) is 0 Å². The number of nitrogens with two attached hydrogens (primary N) is 1. The lowest BCUT2D eigenvalue weighted by Crippen LogP contribution is -2.55. The van der Waals surface area contributed by atoms with Gasteiger partial charge in [0.1, 0.15) is 0 Å². The molecule has 0 radical (unpaired) electrons. The molecule has 0 spiro atoms. The van der Waals surface area contributed by atoms with Gasteiger partial charge in [-0.3, -0.25) is 14.5 Å². The Morgan fingerprint density at radius 3 is 2.53 bits per heavy atom. The summed E-state index contributed by atoms with van der Waals surface area (Å²) >= 11 is 0. The maximum absolute atomic E-state index is 11.2. The third kappa shape index (κ3) is 3.00. The van der Waals surface area contributed by atoms with Gasteiger partial charge in [-0.1, -0.05) is 0 Å². The van der Waals surface area contributed by atoms with Gasteiger partial charge in [-0.15, -0.1) is 0 Å². The van der Waals surface area contributed by atoms with Crippen LogP contribution in [0.1, 0.15) is 6.92 Å². The van der Waals surface area contributed by atoms with Gasteiger partial charge in [0.25, 0.3) is 0 Å². The zero-order chi connectivity index (χ0) is 11.4. The van der Waals surface area contributed by atoms with Crippen molar-refractivity contribution >= 4 is 17.9 Å². The molecule has 2 N–H and O–H groups in total. The first kappa shape index (κ1) is 11.6. The number of carbonyl (C=O) groups is 3. The molecule has 1 heterocycles. The monoisotopic (exact) mass is 216 g/mol. The number of carbonyl (C=O) groups excluding carboxylic acids is 3. The number of cyclic esters (lactones) is 2. The lowest BCUT2D eigenvalue weighted by Gasteiger charge is -2.27. The highest BCUT2D eigenvalue weighted by Crippen LogP contribution is 2.03. The highest BCUT2D eigenvalue weighted by atomic mass is 16.6. The van der Waals surface area contributed by atoms with E-state index in [1.54, 1.807) is 6.92 Å². The van der Waals surface area contributed by atoms with Crippen molar-refractivity contribution in [1.29, 1.82) is 0 Å². The Morgan fingerprint density at radius 1 is 1.53 bits per heavy atom. The molecule has 1 fully saturated rings. The van der Waals surface area contributed by atoms with Crippen molar-refractivity contribution in [2.24, 2.45) is 5.73 Å². The van der Waals surface area contributed by atoms with E-state index in [1.807, 2.05) is 0 Å². The minimum absolute atomic E-state index is 0.189. The van der Waals surface area contributed by atoms with Gasteiger partial charge >= 0.3 is 17.9 Å². The van der Waals surface area contributed by atoms with Gasteiger partial charge in [-0.25, -0.2) is 4.79 Å². The molecule has 15 heavy (non-hydrogen) atoms. The van der Waals surface area contributed by atoms with Crippen LogP contribution in [0.4, 0.5) is 0 Å². The van der Waals surface area contributed by atoms with Crippen molar-refractivity contribution < 1.29 is 23.9 Å². The SMILES string of the molecule is CCOC(=O)C(N)N1CC(=O)OC(=O)C1. The number of hydrogen-bond acceptors (Lipinski definition) is 7. The summed E-state index contributed by atoms with van der Waals surface area (Å²) in [5.41, 5.74) is 5.49. The highest BCUT2D eigenvalue weighted by molar-refractivity contribution is 5.91. The van der Waals surface area contributed by atoms with Crippen LogP contribution in [-0.2, 0) is 23.9 Å². The van der Waals surface area contributed by atoms with Gasteiger partial charge in [0.15, 0.2) is 6.17 Å². The van der Waals surface area contributed by atoms with Crippen LogP contribution < -0.4 is 5.73 Å². The molecule has 0 amide bonds. The van der Waals surface area contributed by atoms with Crippen LogP contribution in [0.2, 0.25) is 0 Å². The second-order valence-corrected chi connectivity index (χ2v) is 2.95. The van der Waals surface area contributed by atoms with E-state index in [9.17, 15) is 14.4 Å². The molecule has 0 aliphatic carbocycles. The van der Waals surface area contributed by atoms with Crippen molar-refractivity contribution in [3.05, 3.63) is 0 Å². The molecule has 0 aromatic rings. The predicted octanol–water partition coefficient (Wildman–Crippen LogP) is -1.78. The quantitative estimate of drug-likeness (QED) is 0.439. The molecule has 7 heteroatoms. The maximum atomic E-state index is 11.2. The molecule has 0 aromatic heterocycles. The van der Waals surface area contributed by atoms with Gasteiger partial charge < -0.3 is 15.2 Å². The van der Waals surface area contributed by atoms with Gasteiger partial charge in [0.05, 0.1) is 19.7 Å². The Kier molecular flexibility index (Phi) is 3.75. The number of ether oxygens (including phenoxy) is 2. The fourth-order valence-electron chi connectivity index (χ4n) is 1.15. The normalized spacial score (nSPS) is 19.6. The lowest BCUT2D eigenvalue weighted by molar-refractivity contribution is -0.170. The summed E-state index contributed by atoms with van der Waals surface area (Å²) < 4.78 is 8.94. The smallest absolute Gasteiger partial charge is 0.338 e. The van der Waals surface area contributed by atoms with E-state index in [1.165, 1.54) is 4.90 Å². The van der Waals surface area contributed by atoms with E-state index >= 15 is 0 Å². The van der Waals surface area contributed by atoms with Crippen LogP contribution >= 0.6 is 0 Å². The number of rotatable bonds is 3. The van der Waals surface area contributed by atoms with Gasteiger partial charge in [-0.05, 0) is 6.92 Å². The van der Waals surface area contributed by atoms with Crippen molar-refractivity contribution in [1.82, 2.24) is 4.90 Å². The molecule has 1 atom stereocenters. The molecular formula is C8H12N2O5. The molecule has 1 unspecified atom stereocenters. The summed E-state index contributed by atoms with van der Waals surface area (Å²) in [7, 11) is 0. The Hall–Kier alpha value is -1.47. The molecule has 1 saturated heterocycles.